The average Bonchev–Trinajstić information content (AvgIpc) is 2.53. The van der Waals surface area contributed by atoms with Gasteiger partial charge in [-0.05, 0) is 37.6 Å². The van der Waals surface area contributed by atoms with Gasteiger partial charge < -0.3 is 14.9 Å². The van der Waals surface area contributed by atoms with E-state index in [9.17, 15) is 10.2 Å². The van der Waals surface area contributed by atoms with E-state index in [0.29, 0.717) is 17.9 Å². The predicted octanol–water partition coefficient (Wildman–Crippen LogP) is 1.14. The van der Waals surface area contributed by atoms with Crippen molar-refractivity contribution in [3.05, 3.63) is 29.8 Å². The second-order valence-electron chi connectivity index (χ2n) is 5.43. The van der Waals surface area contributed by atoms with Gasteiger partial charge in [-0.1, -0.05) is 12.5 Å². The van der Waals surface area contributed by atoms with E-state index in [1.54, 1.807) is 24.3 Å². The van der Waals surface area contributed by atoms with Crippen molar-refractivity contribution in [1.82, 2.24) is 4.90 Å². The largest absolute Gasteiger partial charge is 0.491 e. The van der Waals surface area contributed by atoms with Gasteiger partial charge in [0.25, 0.3) is 0 Å². The number of benzene rings is 1. The zero-order chi connectivity index (χ0) is 15.1. The number of aliphatic hydroxyl groups excluding tert-OH is 2. The fourth-order valence-corrected chi connectivity index (χ4v) is 2.68. The Morgan fingerprint density at radius 1 is 1.43 bits per heavy atom. The molecule has 1 aromatic rings. The third-order valence-electron chi connectivity index (χ3n) is 3.81. The van der Waals surface area contributed by atoms with E-state index in [-0.39, 0.29) is 19.3 Å². The molecule has 2 N–H and O–H groups in total. The number of rotatable bonds is 6. The normalized spacial score (nSPS) is 20.7. The molecule has 1 aromatic carbocycles. The summed E-state index contributed by atoms with van der Waals surface area (Å²) in [5, 5.41) is 28.3. The summed E-state index contributed by atoms with van der Waals surface area (Å²) in [4.78, 5) is 2.13. The lowest BCUT2D eigenvalue weighted by Gasteiger charge is -2.35. The Bertz CT molecular complexity index is 487. The van der Waals surface area contributed by atoms with E-state index >= 15 is 0 Å². The molecular formula is C16H22N2O3. The van der Waals surface area contributed by atoms with E-state index in [4.69, 9.17) is 10.00 Å². The highest BCUT2D eigenvalue weighted by Gasteiger charge is 2.23. The van der Waals surface area contributed by atoms with Crippen LogP contribution in [0.15, 0.2) is 24.3 Å². The third kappa shape index (κ3) is 4.71. The van der Waals surface area contributed by atoms with Crippen molar-refractivity contribution in [2.45, 2.75) is 31.4 Å². The SMILES string of the molecule is N#Cc1cccc(OCC(O)CN2CCCCC2CO)c1. The van der Waals surface area contributed by atoms with Crippen LogP contribution in [0.4, 0.5) is 0 Å². The topological polar surface area (TPSA) is 76.7 Å². The monoisotopic (exact) mass is 290 g/mol. The van der Waals surface area contributed by atoms with Crippen LogP contribution in [0.2, 0.25) is 0 Å². The van der Waals surface area contributed by atoms with Crippen LogP contribution in [0.25, 0.3) is 0 Å². The number of hydrogen-bond donors (Lipinski definition) is 2. The van der Waals surface area contributed by atoms with Crippen LogP contribution < -0.4 is 4.74 Å². The van der Waals surface area contributed by atoms with Crippen molar-refractivity contribution in [2.75, 3.05) is 26.3 Å². The molecule has 5 heteroatoms. The molecule has 2 unspecified atom stereocenters. The average molecular weight is 290 g/mol. The number of aliphatic hydroxyl groups is 2. The summed E-state index contributed by atoms with van der Waals surface area (Å²) >= 11 is 0. The maximum absolute atomic E-state index is 10.1. The molecule has 1 saturated heterocycles. The van der Waals surface area contributed by atoms with E-state index < -0.39 is 6.10 Å². The molecule has 0 saturated carbocycles. The highest BCUT2D eigenvalue weighted by atomic mass is 16.5. The number of β-amino-alcohol motifs (C(OH)–C–C–N with tert-alkyl or cyclic N) is 1. The minimum absolute atomic E-state index is 0.137. The molecule has 0 aromatic heterocycles. The smallest absolute Gasteiger partial charge is 0.120 e. The summed E-state index contributed by atoms with van der Waals surface area (Å²) in [6.45, 7) is 1.73. The summed E-state index contributed by atoms with van der Waals surface area (Å²) in [7, 11) is 0. The molecule has 1 heterocycles. The molecule has 0 spiro atoms. The number of piperidine rings is 1. The molecule has 21 heavy (non-hydrogen) atoms. The van der Waals surface area contributed by atoms with Crippen molar-refractivity contribution in [3.63, 3.8) is 0 Å². The van der Waals surface area contributed by atoms with E-state index in [0.717, 1.165) is 25.8 Å². The molecule has 1 fully saturated rings. The van der Waals surface area contributed by atoms with E-state index in [1.807, 2.05) is 0 Å². The highest BCUT2D eigenvalue weighted by Crippen LogP contribution is 2.17. The van der Waals surface area contributed by atoms with Crippen LogP contribution in [0, 0.1) is 11.3 Å². The van der Waals surface area contributed by atoms with Gasteiger partial charge in [0.15, 0.2) is 0 Å². The van der Waals surface area contributed by atoms with Crippen molar-refractivity contribution in [1.29, 1.82) is 5.26 Å². The Hall–Kier alpha value is -1.61. The zero-order valence-corrected chi connectivity index (χ0v) is 12.1. The molecule has 0 radical (unpaired) electrons. The van der Waals surface area contributed by atoms with Crippen molar-refractivity contribution in [3.8, 4) is 11.8 Å². The van der Waals surface area contributed by atoms with Gasteiger partial charge in [-0.2, -0.15) is 5.26 Å². The second kappa shape index (κ2) is 7.99. The first kappa shape index (κ1) is 15.8. The molecule has 2 rings (SSSR count). The third-order valence-corrected chi connectivity index (χ3v) is 3.81. The minimum Gasteiger partial charge on any atom is -0.491 e. The fraction of sp³-hybridized carbons (Fsp3) is 0.562. The summed E-state index contributed by atoms with van der Waals surface area (Å²) in [5.74, 6) is 0.588. The Balaban J connectivity index is 1.81. The summed E-state index contributed by atoms with van der Waals surface area (Å²) in [6, 6.07) is 9.10. The lowest BCUT2D eigenvalue weighted by molar-refractivity contribution is 0.0232. The fourth-order valence-electron chi connectivity index (χ4n) is 2.68. The van der Waals surface area contributed by atoms with Gasteiger partial charge in [0.1, 0.15) is 18.5 Å². The lowest BCUT2D eigenvalue weighted by atomic mass is 10.0. The Morgan fingerprint density at radius 3 is 3.05 bits per heavy atom. The number of nitrogens with zero attached hydrogens (tertiary/aromatic N) is 2. The van der Waals surface area contributed by atoms with E-state index in [1.165, 1.54) is 0 Å². The van der Waals surface area contributed by atoms with Crippen LogP contribution in [-0.4, -0.2) is 53.6 Å². The van der Waals surface area contributed by atoms with Crippen LogP contribution in [-0.2, 0) is 0 Å². The number of likely N-dealkylation sites (tertiary alicyclic amines) is 1. The van der Waals surface area contributed by atoms with Gasteiger partial charge in [-0.3, -0.25) is 4.90 Å². The van der Waals surface area contributed by atoms with E-state index in [2.05, 4.69) is 11.0 Å². The Kier molecular flexibility index (Phi) is 6.00. The standard InChI is InChI=1S/C16H22N2O3/c17-9-13-4-3-6-16(8-13)21-12-15(20)10-18-7-2-1-5-14(18)11-19/h3-4,6,8,14-15,19-20H,1-2,5,7,10-12H2. The zero-order valence-electron chi connectivity index (χ0n) is 12.1. The van der Waals surface area contributed by atoms with Gasteiger partial charge in [0.2, 0.25) is 0 Å². The highest BCUT2D eigenvalue weighted by molar-refractivity contribution is 5.36. The van der Waals surface area contributed by atoms with Crippen molar-refractivity contribution in [2.24, 2.45) is 0 Å². The summed E-state index contributed by atoms with van der Waals surface area (Å²) < 4.78 is 5.53. The lowest BCUT2D eigenvalue weighted by Crippen LogP contribution is -2.46. The molecule has 0 bridgehead atoms. The van der Waals surface area contributed by atoms with Crippen LogP contribution in [0.5, 0.6) is 5.75 Å². The van der Waals surface area contributed by atoms with Gasteiger partial charge in [0, 0.05) is 12.6 Å². The predicted molar refractivity (Wildman–Crippen MR) is 79.0 cm³/mol. The van der Waals surface area contributed by atoms with Gasteiger partial charge >= 0.3 is 0 Å². The van der Waals surface area contributed by atoms with Crippen molar-refractivity contribution < 1.29 is 14.9 Å². The second-order valence-corrected chi connectivity index (χ2v) is 5.43. The maximum Gasteiger partial charge on any atom is 0.120 e. The van der Waals surface area contributed by atoms with Gasteiger partial charge in [-0.25, -0.2) is 0 Å². The van der Waals surface area contributed by atoms with Gasteiger partial charge in [0.05, 0.1) is 18.2 Å². The quantitative estimate of drug-likeness (QED) is 0.821. The number of ether oxygens (including phenoxy) is 1. The van der Waals surface area contributed by atoms with Crippen LogP contribution in [0.3, 0.4) is 0 Å². The molecular weight excluding hydrogens is 268 g/mol. The first-order valence-corrected chi connectivity index (χ1v) is 7.39. The number of hydrogen-bond acceptors (Lipinski definition) is 5. The van der Waals surface area contributed by atoms with Crippen LogP contribution >= 0.6 is 0 Å². The molecule has 1 aliphatic heterocycles. The summed E-state index contributed by atoms with van der Waals surface area (Å²) in [5.41, 5.74) is 0.540. The summed E-state index contributed by atoms with van der Waals surface area (Å²) in [6.07, 6.45) is 2.61. The number of nitriles is 1. The Labute approximate surface area is 125 Å². The Morgan fingerprint density at radius 2 is 2.29 bits per heavy atom. The first-order valence-electron chi connectivity index (χ1n) is 7.39. The van der Waals surface area contributed by atoms with Crippen LogP contribution in [0.1, 0.15) is 24.8 Å². The van der Waals surface area contributed by atoms with Crippen molar-refractivity contribution >= 4 is 0 Å². The maximum atomic E-state index is 10.1. The molecule has 2 atom stereocenters. The van der Waals surface area contributed by atoms with Gasteiger partial charge in [-0.15, -0.1) is 0 Å². The molecule has 114 valence electrons. The minimum atomic E-state index is -0.608. The molecule has 0 aliphatic carbocycles. The first-order chi connectivity index (χ1) is 10.2. The molecule has 0 amide bonds. The molecule has 1 aliphatic rings. The molecule has 5 nitrogen and oxygen atoms in total.